The fraction of sp³-hybridized carbons (Fsp3) is 0.278. The maximum absolute atomic E-state index is 11.7. The van der Waals surface area contributed by atoms with Gasteiger partial charge in [-0.3, -0.25) is 0 Å². The van der Waals surface area contributed by atoms with Crippen LogP contribution in [0.5, 0.6) is 11.5 Å². The van der Waals surface area contributed by atoms with Crippen molar-refractivity contribution in [2.24, 2.45) is 0 Å². The predicted octanol–water partition coefficient (Wildman–Crippen LogP) is 3.52. The van der Waals surface area contributed by atoms with Crippen molar-refractivity contribution in [2.75, 3.05) is 13.2 Å². The quantitative estimate of drug-likeness (QED) is 0.734. The van der Waals surface area contributed by atoms with Crippen molar-refractivity contribution in [2.45, 2.75) is 20.5 Å². The second-order valence-electron chi connectivity index (χ2n) is 4.81. The van der Waals surface area contributed by atoms with Gasteiger partial charge in [0, 0.05) is 0 Å². The molecule has 0 aromatic heterocycles. The molecule has 0 fully saturated rings. The molecular weight excluding hydrogens is 280 g/mol. The van der Waals surface area contributed by atoms with Crippen LogP contribution in [0.15, 0.2) is 48.5 Å². The zero-order valence-electron chi connectivity index (χ0n) is 12.9. The first-order valence-corrected chi connectivity index (χ1v) is 7.25. The average Bonchev–Trinajstić information content (AvgIpc) is 2.54. The van der Waals surface area contributed by atoms with Crippen LogP contribution in [0.2, 0.25) is 0 Å². The zero-order chi connectivity index (χ0) is 15.8. The Morgan fingerprint density at radius 2 is 1.59 bits per heavy atom. The van der Waals surface area contributed by atoms with Gasteiger partial charge in [-0.2, -0.15) is 0 Å². The lowest BCUT2D eigenvalue weighted by molar-refractivity contribution is -0.147. The largest absolute Gasteiger partial charge is 0.490 e. The van der Waals surface area contributed by atoms with Gasteiger partial charge in [0.05, 0.1) is 6.61 Å². The van der Waals surface area contributed by atoms with Crippen LogP contribution in [0.25, 0.3) is 0 Å². The number of rotatable bonds is 7. The standard InChI is InChI=1S/C18H20O4/c1-3-20-16-6-4-5-7-17(16)21-13-18(19)22-12-15-10-8-14(2)9-11-15/h4-11H,3,12-13H2,1-2H3. The van der Waals surface area contributed by atoms with E-state index in [4.69, 9.17) is 14.2 Å². The molecule has 22 heavy (non-hydrogen) atoms. The summed E-state index contributed by atoms with van der Waals surface area (Å²) in [4.78, 5) is 11.7. The summed E-state index contributed by atoms with van der Waals surface area (Å²) in [5, 5.41) is 0. The van der Waals surface area contributed by atoms with Gasteiger partial charge >= 0.3 is 5.97 Å². The topological polar surface area (TPSA) is 44.8 Å². The molecule has 2 aromatic carbocycles. The van der Waals surface area contributed by atoms with Gasteiger partial charge in [0.25, 0.3) is 0 Å². The van der Waals surface area contributed by atoms with Crippen LogP contribution in [-0.2, 0) is 16.1 Å². The highest BCUT2D eigenvalue weighted by Gasteiger charge is 2.08. The molecule has 0 aliphatic carbocycles. The van der Waals surface area contributed by atoms with E-state index in [0.717, 1.165) is 5.56 Å². The van der Waals surface area contributed by atoms with E-state index in [9.17, 15) is 4.79 Å². The lowest BCUT2D eigenvalue weighted by Crippen LogP contribution is -2.15. The van der Waals surface area contributed by atoms with Crippen molar-refractivity contribution in [1.82, 2.24) is 0 Å². The van der Waals surface area contributed by atoms with Crippen molar-refractivity contribution in [3.8, 4) is 11.5 Å². The van der Waals surface area contributed by atoms with Crippen molar-refractivity contribution >= 4 is 5.97 Å². The normalized spacial score (nSPS) is 10.1. The summed E-state index contributed by atoms with van der Waals surface area (Å²) in [6, 6.07) is 15.1. The van der Waals surface area contributed by atoms with Crippen molar-refractivity contribution in [3.05, 3.63) is 59.7 Å². The molecule has 2 rings (SSSR count). The van der Waals surface area contributed by atoms with E-state index in [2.05, 4.69) is 0 Å². The number of hydrogen-bond acceptors (Lipinski definition) is 4. The van der Waals surface area contributed by atoms with Gasteiger partial charge in [-0.15, -0.1) is 0 Å². The Bertz CT molecular complexity index is 605. The third kappa shape index (κ3) is 4.81. The van der Waals surface area contributed by atoms with Crippen molar-refractivity contribution in [3.63, 3.8) is 0 Å². The van der Waals surface area contributed by atoms with Crippen LogP contribution in [0.4, 0.5) is 0 Å². The molecule has 0 aliphatic heterocycles. The molecule has 0 saturated carbocycles. The van der Waals surface area contributed by atoms with Crippen molar-refractivity contribution in [1.29, 1.82) is 0 Å². The maximum Gasteiger partial charge on any atom is 0.344 e. The second-order valence-corrected chi connectivity index (χ2v) is 4.81. The summed E-state index contributed by atoms with van der Waals surface area (Å²) in [7, 11) is 0. The van der Waals surface area contributed by atoms with Crippen LogP contribution >= 0.6 is 0 Å². The Balaban J connectivity index is 1.81. The molecule has 2 aromatic rings. The van der Waals surface area contributed by atoms with Crippen LogP contribution in [0, 0.1) is 6.92 Å². The van der Waals surface area contributed by atoms with Gasteiger partial charge in [-0.25, -0.2) is 4.79 Å². The second kappa shape index (κ2) is 8.08. The summed E-state index contributed by atoms with van der Waals surface area (Å²) in [6.07, 6.45) is 0. The summed E-state index contributed by atoms with van der Waals surface area (Å²) >= 11 is 0. The Morgan fingerprint density at radius 3 is 2.23 bits per heavy atom. The fourth-order valence-corrected chi connectivity index (χ4v) is 1.87. The van der Waals surface area contributed by atoms with Crippen LogP contribution in [-0.4, -0.2) is 19.2 Å². The minimum atomic E-state index is -0.410. The van der Waals surface area contributed by atoms with Gasteiger partial charge in [0.15, 0.2) is 18.1 Å². The van der Waals surface area contributed by atoms with Gasteiger partial charge in [-0.1, -0.05) is 42.0 Å². The minimum Gasteiger partial charge on any atom is -0.490 e. The zero-order valence-corrected chi connectivity index (χ0v) is 12.9. The highest BCUT2D eigenvalue weighted by atomic mass is 16.6. The van der Waals surface area contributed by atoms with E-state index >= 15 is 0 Å². The third-order valence-electron chi connectivity index (χ3n) is 3.01. The van der Waals surface area contributed by atoms with Crippen molar-refractivity contribution < 1.29 is 19.0 Å². The molecule has 0 atom stereocenters. The molecule has 0 amide bonds. The monoisotopic (exact) mass is 300 g/mol. The average molecular weight is 300 g/mol. The SMILES string of the molecule is CCOc1ccccc1OCC(=O)OCc1ccc(C)cc1. The highest BCUT2D eigenvalue weighted by molar-refractivity contribution is 5.71. The number of aryl methyl sites for hydroxylation is 1. The van der Waals surface area contributed by atoms with Crippen LogP contribution in [0.3, 0.4) is 0 Å². The molecule has 0 bridgehead atoms. The van der Waals surface area contributed by atoms with E-state index in [1.165, 1.54) is 5.56 Å². The molecule has 4 nitrogen and oxygen atoms in total. The number of carbonyl (C=O) groups is 1. The number of esters is 1. The number of ether oxygens (including phenoxy) is 3. The first kappa shape index (κ1) is 15.9. The van der Waals surface area contributed by atoms with Gasteiger partial charge in [0.1, 0.15) is 6.61 Å². The van der Waals surface area contributed by atoms with E-state index in [1.807, 2.05) is 50.2 Å². The molecular formula is C18H20O4. The molecule has 0 heterocycles. The number of para-hydroxylation sites is 2. The third-order valence-corrected chi connectivity index (χ3v) is 3.01. The lowest BCUT2D eigenvalue weighted by atomic mass is 10.2. The van der Waals surface area contributed by atoms with E-state index in [0.29, 0.717) is 18.1 Å². The highest BCUT2D eigenvalue weighted by Crippen LogP contribution is 2.26. The molecule has 4 heteroatoms. The fourth-order valence-electron chi connectivity index (χ4n) is 1.87. The molecule has 116 valence electrons. The lowest BCUT2D eigenvalue weighted by Gasteiger charge is -2.11. The van der Waals surface area contributed by atoms with E-state index in [-0.39, 0.29) is 13.2 Å². The molecule has 0 N–H and O–H groups in total. The summed E-state index contributed by atoms with van der Waals surface area (Å²) in [6.45, 7) is 4.55. The number of hydrogen-bond donors (Lipinski definition) is 0. The van der Waals surface area contributed by atoms with Gasteiger partial charge < -0.3 is 14.2 Å². The Kier molecular flexibility index (Phi) is 5.83. The number of benzene rings is 2. The van der Waals surface area contributed by atoms with Crippen LogP contribution in [0.1, 0.15) is 18.1 Å². The molecule has 0 unspecified atom stereocenters. The number of carbonyl (C=O) groups excluding carboxylic acids is 1. The summed E-state index contributed by atoms with van der Waals surface area (Å²) in [5.74, 6) is 0.750. The predicted molar refractivity (Wildman–Crippen MR) is 84.1 cm³/mol. The first-order valence-electron chi connectivity index (χ1n) is 7.25. The maximum atomic E-state index is 11.7. The smallest absolute Gasteiger partial charge is 0.344 e. The van der Waals surface area contributed by atoms with Gasteiger partial charge in [0.2, 0.25) is 0 Å². The summed E-state index contributed by atoms with van der Waals surface area (Å²) in [5.41, 5.74) is 2.12. The Morgan fingerprint density at radius 1 is 0.955 bits per heavy atom. The first-order chi connectivity index (χ1) is 10.7. The van der Waals surface area contributed by atoms with E-state index in [1.54, 1.807) is 12.1 Å². The molecule has 0 spiro atoms. The molecule has 0 saturated heterocycles. The van der Waals surface area contributed by atoms with Crippen LogP contribution < -0.4 is 9.47 Å². The molecule has 0 radical (unpaired) electrons. The molecule has 0 aliphatic rings. The van der Waals surface area contributed by atoms with E-state index < -0.39 is 5.97 Å². The Hall–Kier alpha value is -2.49. The summed E-state index contributed by atoms with van der Waals surface area (Å²) < 4.78 is 16.1. The minimum absolute atomic E-state index is 0.143. The Labute approximate surface area is 130 Å². The van der Waals surface area contributed by atoms with Gasteiger partial charge in [-0.05, 0) is 31.5 Å².